The first-order valence-corrected chi connectivity index (χ1v) is 11.3. The molecule has 1 aliphatic heterocycles. The summed E-state index contributed by atoms with van der Waals surface area (Å²) in [6, 6.07) is 5.31. The predicted molar refractivity (Wildman–Crippen MR) is 114 cm³/mol. The Kier molecular flexibility index (Phi) is 4.92. The maximum absolute atomic E-state index is 12.6. The number of nitrogens with zero attached hydrogens (tertiary/aromatic N) is 1. The van der Waals surface area contributed by atoms with Crippen LogP contribution in [-0.2, 0) is 17.6 Å². The second kappa shape index (κ2) is 7.72. The van der Waals surface area contributed by atoms with Gasteiger partial charge in [0.1, 0.15) is 18.0 Å². The summed E-state index contributed by atoms with van der Waals surface area (Å²) in [6.07, 6.45) is 4.26. The minimum absolute atomic E-state index is 0.107. The van der Waals surface area contributed by atoms with Crippen LogP contribution < -0.4 is 20.3 Å². The Balaban J connectivity index is 1.28. The quantitative estimate of drug-likeness (QED) is 0.488. The van der Waals surface area contributed by atoms with Crippen LogP contribution in [0, 0.1) is 0 Å². The van der Waals surface area contributed by atoms with Crippen LogP contribution in [-0.4, -0.2) is 34.8 Å². The summed E-state index contributed by atoms with van der Waals surface area (Å²) in [4.78, 5) is 34.4. The molecule has 2 aliphatic rings. The first kappa shape index (κ1) is 18.5. The van der Waals surface area contributed by atoms with Gasteiger partial charge in [-0.1, -0.05) is 11.8 Å². The molecule has 2 N–H and O–H groups in total. The van der Waals surface area contributed by atoms with E-state index in [9.17, 15) is 9.59 Å². The monoisotopic (exact) mass is 429 g/mol. The van der Waals surface area contributed by atoms with Gasteiger partial charge in [-0.05, 0) is 43.4 Å². The number of hydrogen-bond donors (Lipinski definition) is 2. The molecule has 0 atom stereocenters. The molecule has 0 saturated heterocycles. The molecule has 0 unspecified atom stereocenters. The molecule has 3 heterocycles. The smallest absolute Gasteiger partial charge is 0.260 e. The number of H-pyrrole nitrogens is 1. The van der Waals surface area contributed by atoms with Gasteiger partial charge in [0.25, 0.3) is 5.56 Å². The van der Waals surface area contributed by atoms with Gasteiger partial charge in [-0.25, -0.2) is 4.98 Å². The summed E-state index contributed by atoms with van der Waals surface area (Å²) in [5, 5.41) is 4.04. The minimum Gasteiger partial charge on any atom is -0.486 e. The number of rotatable bonds is 4. The summed E-state index contributed by atoms with van der Waals surface area (Å²) in [5.74, 6) is 1.27. The van der Waals surface area contributed by atoms with Gasteiger partial charge < -0.3 is 19.8 Å². The topological polar surface area (TPSA) is 93.3 Å². The van der Waals surface area contributed by atoms with Crippen LogP contribution in [0.25, 0.3) is 10.2 Å². The number of ether oxygens (including phenoxy) is 2. The number of aromatic nitrogens is 2. The maximum Gasteiger partial charge on any atom is 0.260 e. The Morgan fingerprint density at radius 3 is 2.93 bits per heavy atom. The molecule has 150 valence electrons. The Hall–Kier alpha value is -2.52. The first-order chi connectivity index (χ1) is 14.2. The van der Waals surface area contributed by atoms with E-state index in [4.69, 9.17) is 9.47 Å². The van der Waals surface area contributed by atoms with E-state index in [0.29, 0.717) is 35.6 Å². The molecule has 29 heavy (non-hydrogen) atoms. The molecule has 0 bridgehead atoms. The van der Waals surface area contributed by atoms with Crippen molar-refractivity contribution in [1.29, 1.82) is 0 Å². The lowest BCUT2D eigenvalue weighted by atomic mass is 9.97. The van der Waals surface area contributed by atoms with Gasteiger partial charge in [-0.3, -0.25) is 9.59 Å². The van der Waals surface area contributed by atoms with Crippen molar-refractivity contribution < 1.29 is 14.3 Å². The van der Waals surface area contributed by atoms with Crippen molar-refractivity contribution in [2.75, 3.05) is 24.3 Å². The third kappa shape index (κ3) is 3.72. The van der Waals surface area contributed by atoms with Crippen LogP contribution in [0.3, 0.4) is 0 Å². The lowest BCUT2D eigenvalue weighted by Gasteiger charge is -2.18. The largest absolute Gasteiger partial charge is 0.486 e. The van der Waals surface area contributed by atoms with Crippen LogP contribution in [0.5, 0.6) is 11.5 Å². The SMILES string of the molecule is O=C(CSc1nc2sc3c(c2c(=O)[nH]1)CCCC3)Nc1ccc2c(c1)OCCO2. The fourth-order valence-corrected chi connectivity index (χ4v) is 5.65. The number of anilines is 1. The number of thioether (sulfide) groups is 1. The van der Waals surface area contributed by atoms with Gasteiger partial charge in [0.2, 0.25) is 5.91 Å². The lowest BCUT2D eigenvalue weighted by Crippen LogP contribution is -2.17. The standard InChI is InChI=1S/C20H19N3O4S2/c24-16(21-11-5-6-13-14(9-11)27-8-7-26-13)10-28-20-22-18(25)17-12-3-1-2-4-15(12)29-19(17)23-20/h5-6,9H,1-4,7-8,10H2,(H,21,24)(H,22,23,25). The number of fused-ring (bicyclic) bond motifs is 4. The molecule has 1 aromatic carbocycles. The summed E-state index contributed by atoms with van der Waals surface area (Å²) in [6.45, 7) is 1.02. The zero-order chi connectivity index (χ0) is 19.8. The molecule has 0 fully saturated rings. The number of aryl methyl sites for hydroxylation is 2. The van der Waals surface area contributed by atoms with E-state index in [1.54, 1.807) is 29.5 Å². The molecule has 1 aliphatic carbocycles. The molecule has 7 nitrogen and oxygen atoms in total. The molecule has 0 radical (unpaired) electrons. The Morgan fingerprint density at radius 2 is 2.03 bits per heavy atom. The van der Waals surface area contributed by atoms with E-state index < -0.39 is 0 Å². The van der Waals surface area contributed by atoms with Crippen LogP contribution in [0.15, 0.2) is 28.2 Å². The summed E-state index contributed by atoms with van der Waals surface area (Å²) >= 11 is 2.83. The number of amides is 1. The fraction of sp³-hybridized carbons (Fsp3) is 0.350. The van der Waals surface area contributed by atoms with Gasteiger partial charge in [0, 0.05) is 16.6 Å². The number of nitrogens with one attached hydrogen (secondary N) is 2. The maximum atomic E-state index is 12.6. The van der Waals surface area contributed by atoms with Gasteiger partial charge in [-0.15, -0.1) is 11.3 Å². The van der Waals surface area contributed by atoms with Gasteiger partial charge >= 0.3 is 0 Å². The zero-order valence-corrected chi connectivity index (χ0v) is 17.2. The normalized spacial score (nSPS) is 15.2. The highest BCUT2D eigenvalue weighted by molar-refractivity contribution is 7.99. The average molecular weight is 430 g/mol. The number of benzene rings is 1. The number of carbonyl (C=O) groups is 1. The van der Waals surface area contributed by atoms with Crippen molar-refractivity contribution in [3.8, 4) is 11.5 Å². The number of hydrogen-bond acceptors (Lipinski definition) is 7. The van der Waals surface area contributed by atoms with Crippen molar-refractivity contribution >= 4 is 44.9 Å². The lowest BCUT2D eigenvalue weighted by molar-refractivity contribution is -0.113. The first-order valence-electron chi connectivity index (χ1n) is 9.54. The second-order valence-electron chi connectivity index (χ2n) is 6.96. The highest BCUT2D eigenvalue weighted by Crippen LogP contribution is 2.34. The van der Waals surface area contributed by atoms with E-state index in [0.717, 1.165) is 35.0 Å². The van der Waals surface area contributed by atoms with Crippen molar-refractivity contribution in [2.24, 2.45) is 0 Å². The van der Waals surface area contributed by atoms with Gasteiger partial charge in [-0.2, -0.15) is 0 Å². The van der Waals surface area contributed by atoms with Crippen LogP contribution in [0.1, 0.15) is 23.3 Å². The third-order valence-electron chi connectivity index (χ3n) is 4.97. The summed E-state index contributed by atoms with van der Waals surface area (Å²) in [5.41, 5.74) is 1.70. The summed E-state index contributed by atoms with van der Waals surface area (Å²) < 4.78 is 11.0. The molecule has 0 spiro atoms. The van der Waals surface area contributed by atoms with E-state index >= 15 is 0 Å². The van der Waals surface area contributed by atoms with Crippen LogP contribution in [0.4, 0.5) is 5.69 Å². The Bertz CT molecular complexity index is 1150. The Labute approximate surface area is 174 Å². The molecule has 0 saturated carbocycles. The molecule has 1 amide bonds. The van der Waals surface area contributed by atoms with Crippen LogP contribution >= 0.6 is 23.1 Å². The van der Waals surface area contributed by atoms with Crippen molar-refractivity contribution in [3.63, 3.8) is 0 Å². The van der Waals surface area contributed by atoms with Crippen molar-refractivity contribution in [1.82, 2.24) is 9.97 Å². The molecule has 3 aromatic rings. The third-order valence-corrected chi connectivity index (χ3v) is 7.03. The van der Waals surface area contributed by atoms with Crippen LogP contribution in [0.2, 0.25) is 0 Å². The molecular weight excluding hydrogens is 410 g/mol. The van der Waals surface area contributed by atoms with E-state index in [-0.39, 0.29) is 17.2 Å². The van der Waals surface area contributed by atoms with Crippen molar-refractivity contribution in [3.05, 3.63) is 39.0 Å². The number of thiophene rings is 1. The van der Waals surface area contributed by atoms with E-state index in [1.807, 2.05) is 0 Å². The molecular formula is C20H19N3O4S2. The zero-order valence-electron chi connectivity index (χ0n) is 15.6. The summed E-state index contributed by atoms with van der Waals surface area (Å²) in [7, 11) is 0. The average Bonchev–Trinajstić information content (AvgIpc) is 3.11. The highest BCUT2D eigenvalue weighted by atomic mass is 32.2. The van der Waals surface area contributed by atoms with Gasteiger partial charge in [0.05, 0.1) is 11.1 Å². The minimum atomic E-state index is -0.181. The fourth-order valence-electron chi connectivity index (χ4n) is 3.66. The number of carbonyl (C=O) groups excluding carboxylic acids is 1. The van der Waals surface area contributed by atoms with Gasteiger partial charge in [0.15, 0.2) is 16.7 Å². The molecule has 2 aromatic heterocycles. The molecule has 9 heteroatoms. The second-order valence-corrected chi connectivity index (χ2v) is 9.01. The van der Waals surface area contributed by atoms with E-state index in [1.165, 1.54) is 23.1 Å². The Morgan fingerprint density at radius 1 is 1.21 bits per heavy atom. The van der Waals surface area contributed by atoms with E-state index in [2.05, 4.69) is 15.3 Å². The molecule has 5 rings (SSSR count). The highest BCUT2D eigenvalue weighted by Gasteiger charge is 2.20. The predicted octanol–water partition coefficient (Wildman–Crippen LogP) is 3.37. The number of aromatic amines is 1. The van der Waals surface area contributed by atoms with Crippen molar-refractivity contribution in [2.45, 2.75) is 30.8 Å².